The third-order valence-electron chi connectivity index (χ3n) is 6.70. The van der Waals surface area contributed by atoms with Crippen LogP contribution in [0.4, 0.5) is 5.69 Å². The number of nitrogens with zero attached hydrogens (tertiary/aromatic N) is 1. The van der Waals surface area contributed by atoms with Gasteiger partial charge in [0.15, 0.2) is 0 Å². The summed E-state index contributed by atoms with van der Waals surface area (Å²) in [5.74, 6) is -0.998. The van der Waals surface area contributed by atoms with Gasteiger partial charge >= 0.3 is 5.97 Å². The molecule has 1 saturated heterocycles. The highest BCUT2D eigenvalue weighted by Gasteiger charge is 2.36. The number of anilines is 1. The van der Waals surface area contributed by atoms with Gasteiger partial charge in [-0.25, -0.2) is 0 Å². The molecule has 2 aromatic carbocycles. The number of nitrogens with one attached hydrogen (secondary N) is 2. The van der Waals surface area contributed by atoms with Crippen LogP contribution in [-0.2, 0) is 20.8 Å². The van der Waals surface area contributed by atoms with Crippen molar-refractivity contribution in [2.24, 2.45) is 11.8 Å². The van der Waals surface area contributed by atoms with Gasteiger partial charge in [0.25, 0.3) is 0 Å². The molecule has 7 heteroatoms. The zero-order valence-electron chi connectivity index (χ0n) is 18.7. The molecule has 0 saturated carbocycles. The zero-order chi connectivity index (χ0) is 23.2. The first kappa shape index (κ1) is 23.0. The van der Waals surface area contributed by atoms with Crippen LogP contribution in [0.1, 0.15) is 36.3 Å². The maximum Gasteiger partial charge on any atom is 0.303 e. The monoisotopic (exact) mass is 449 g/mol. The van der Waals surface area contributed by atoms with Crippen LogP contribution >= 0.6 is 0 Å². The van der Waals surface area contributed by atoms with Crippen molar-refractivity contribution in [2.75, 3.05) is 31.5 Å². The molecule has 2 amide bonds. The van der Waals surface area contributed by atoms with Gasteiger partial charge in [-0.15, -0.1) is 0 Å². The summed E-state index contributed by atoms with van der Waals surface area (Å²) in [4.78, 5) is 38.9. The van der Waals surface area contributed by atoms with Crippen LogP contribution in [0.2, 0.25) is 0 Å². The van der Waals surface area contributed by atoms with E-state index in [-0.39, 0.29) is 30.6 Å². The molecular weight excluding hydrogens is 418 g/mol. The minimum absolute atomic E-state index is 0.0158. The molecule has 2 heterocycles. The zero-order valence-corrected chi connectivity index (χ0v) is 18.7. The van der Waals surface area contributed by atoms with E-state index >= 15 is 0 Å². The van der Waals surface area contributed by atoms with E-state index in [1.54, 1.807) is 4.90 Å². The normalized spacial score (nSPS) is 21.8. The van der Waals surface area contributed by atoms with Crippen molar-refractivity contribution in [3.63, 3.8) is 0 Å². The first-order valence-corrected chi connectivity index (χ1v) is 11.6. The maximum absolute atomic E-state index is 13.7. The molecule has 1 fully saturated rings. The predicted molar refractivity (Wildman–Crippen MR) is 126 cm³/mol. The summed E-state index contributed by atoms with van der Waals surface area (Å²) in [6.07, 6.45) is 1.46. The van der Waals surface area contributed by atoms with Gasteiger partial charge in [0.1, 0.15) is 0 Å². The van der Waals surface area contributed by atoms with Crippen molar-refractivity contribution in [3.8, 4) is 0 Å². The Hall–Kier alpha value is -3.19. The smallest absolute Gasteiger partial charge is 0.303 e. The highest BCUT2D eigenvalue weighted by Crippen LogP contribution is 2.34. The summed E-state index contributed by atoms with van der Waals surface area (Å²) in [6.45, 7) is 2.65. The van der Waals surface area contributed by atoms with Gasteiger partial charge in [0, 0.05) is 31.6 Å². The Morgan fingerprint density at radius 1 is 1.00 bits per heavy atom. The molecule has 2 aromatic rings. The number of aliphatic carboxylic acids is 1. The van der Waals surface area contributed by atoms with Crippen molar-refractivity contribution in [3.05, 3.63) is 65.7 Å². The molecule has 3 atom stereocenters. The lowest BCUT2D eigenvalue weighted by molar-refractivity contribution is -0.139. The third kappa shape index (κ3) is 5.79. The van der Waals surface area contributed by atoms with Gasteiger partial charge in [0.2, 0.25) is 11.8 Å². The van der Waals surface area contributed by atoms with Gasteiger partial charge in [-0.05, 0) is 55.0 Å². The molecule has 7 nitrogen and oxygen atoms in total. The Morgan fingerprint density at radius 2 is 1.73 bits per heavy atom. The van der Waals surface area contributed by atoms with Crippen LogP contribution in [0, 0.1) is 11.8 Å². The second kappa shape index (κ2) is 10.6. The van der Waals surface area contributed by atoms with E-state index in [2.05, 4.69) is 22.8 Å². The van der Waals surface area contributed by atoms with Crippen molar-refractivity contribution in [2.45, 2.75) is 31.6 Å². The van der Waals surface area contributed by atoms with Gasteiger partial charge in [0.05, 0.1) is 5.92 Å². The molecule has 0 aromatic heterocycles. The quantitative estimate of drug-likeness (QED) is 0.547. The maximum atomic E-state index is 13.7. The third-order valence-corrected chi connectivity index (χ3v) is 6.70. The second-order valence-electron chi connectivity index (χ2n) is 9.04. The number of benzene rings is 2. The predicted octanol–water partition coefficient (Wildman–Crippen LogP) is 2.88. The second-order valence-corrected chi connectivity index (χ2v) is 9.04. The Balaban J connectivity index is 1.51. The number of para-hydroxylation sites is 1. The van der Waals surface area contributed by atoms with E-state index in [4.69, 9.17) is 5.11 Å². The summed E-state index contributed by atoms with van der Waals surface area (Å²) >= 11 is 0. The van der Waals surface area contributed by atoms with Crippen molar-refractivity contribution < 1.29 is 19.5 Å². The molecule has 4 rings (SSSR count). The number of carboxylic acid groups (broad SMARTS) is 1. The number of fused-ring (bicyclic) bond motifs is 1. The topological polar surface area (TPSA) is 98.7 Å². The summed E-state index contributed by atoms with van der Waals surface area (Å²) in [6, 6.07) is 17.8. The average Bonchev–Trinajstić information content (AvgIpc) is 3.24. The fourth-order valence-corrected chi connectivity index (χ4v) is 5.00. The molecule has 0 aliphatic carbocycles. The number of rotatable bonds is 9. The fraction of sp³-hybridized carbons (Fsp3) is 0.423. The van der Waals surface area contributed by atoms with Gasteiger partial charge in [-0.2, -0.15) is 0 Å². The number of carboxylic acids is 1. The summed E-state index contributed by atoms with van der Waals surface area (Å²) in [7, 11) is 0. The SMILES string of the molecule is O=C(O)CCCN(CC1CNCC1Cc1ccccc1)C(=O)C1CC(=O)Nc2ccccc21. The average molecular weight is 450 g/mol. The molecule has 33 heavy (non-hydrogen) atoms. The molecule has 3 N–H and O–H groups in total. The largest absolute Gasteiger partial charge is 0.481 e. The Bertz CT molecular complexity index is 994. The Morgan fingerprint density at radius 3 is 2.52 bits per heavy atom. The summed E-state index contributed by atoms with van der Waals surface area (Å²) in [5, 5.41) is 15.4. The highest BCUT2D eigenvalue weighted by atomic mass is 16.4. The van der Waals surface area contributed by atoms with Crippen molar-refractivity contribution in [1.29, 1.82) is 0 Å². The van der Waals surface area contributed by atoms with E-state index in [0.717, 1.165) is 25.1 Å². The van der Waals surface area contributed by atoms with E-state index in [9.17, 15) is 14.4 Å². The summed E-state index contributed by atoms with van der Waals surface area (Å²) in [5.41, 5.74) is 2.79. The molecule has 3 unspecified atom stereocenters. The van der Waals surface area contributed by atoms with Gasteiger partial charge < -0.3 is 20.6 Å². The lowest BCUT2D eigenvalue weighted by atomic mass is 9.87. The van der Waals surface area contributed by atoms with Crippen LogP contribution < -0.4 is 10.6 Å². The summed E-state index contributed by atoms with van der Waals surface area (Å²) < 4.78 is 0. The van der Waals surface area contributed by atoms with Gasteiger partial charge in [-0.1, -0.05) is 48.5 Å². The van der Waals surface area contributed by atoms with E-state index in [1.165, 1.54) is 5.56 Å². The minimum atomic E-state index is -0.866. The van der Waals surface area contributed by atoms with E-state index < -0.39 is 11.9 Å². The number of hydrogen-bond acceptors (Lipinski definition) is 4. The van der Waals surface area contributed by atoms with Crippen LogP contribution in [-0.4, -0.2) is 54.0 Å². The highest BCUT2D eigenvalue weighted by molar-refractivity contribution is 6.01. The van der Waals surface area contributed by atoms with Crippen LogP contribution in [0.5, 0.6) is 0 Å². The molecule has 0 spiro atoms. The molecule has 2 aliphatic heterocycles. The molecule has 174 valence electrons. The molecule has 0 radical (unpaired) electrons. The first-order valence-electron chi connectivity index (χ1n) is 11.6. The van der Waals surface area contributed by atoms with Crippen molar-refractivity contribution in [1.82, 2.24) is 10.2 Å². The lowest BCUT2D eigenvalue weighted by Crippen LogP contribution is -2.43. The fourth-order valence-electron chi connectivity index (χ4n) is 5.00. The van der Waals surface area contributed by atoms with E-state index in [0.29, 0.717) is 31.1 Å². The number of carbonyl (C=O) groups excluding carboxylic acids is 2. The molecule has 0 bridgehead atoms. The Kier molecular flexibility index (Phi) is 7.40. The molecule has 2 aliphatic rings. The van der Waals surface area contributed by atoms with Gasteiger partial charge in [-0.3, -0.25) is 14.4 Å². The first-order chi connectivity index (χ1) is 16.0. The van der Waals surface area contributed by atoms with Crippen molar-refractivity contribution >= 4 is 23.5 Å². The number of amides is 2. The lowest BCUT2D eigenvalue weighted by Gasteiger charge is -2.33. The number of carbonyl (C=O) groups is 3. The molecular formula is C26H31N3O4. The Labute approximate surface area is 194 Å². The van der Waals surface area contributed by atoms with Crippen LogP contribution in [0.3, 0.4) is 0 Å². The minimum Gasteiger partial charge on any atom is -0.481 e. The van der Waals surface area contributed by atoms with Crippen LogP contribution in [0.15, 0.2) is 54.6 Å². The van der Waals surface area contributed by atoms with E-state index in [1.807, 2.05) is 42.5 Å². The standard InChI is InChI=1S/C26H31N3O4/c30-24-14-22(21-9-4-5-10-23(21)28-24)26(33)29(12-6-11-25(31)32)17-20-16-27-15-19(20)13-18-7-2-1-3-8-18/h1-5,7-10,19-20,22,27H,6,11-17H2,(H,28,30)(H,31,32). The van der Waals surface area contributed by atoms with Crippen LogP contribution in [0.25, 0.3) is 0 Å². The number of hydrogen-bond donors (Lipinski definition) is 3.